The number of thioether (sulfide) groups is 1. The zero-order valence-electron chi connectivity index (χ0n) is 12.5. The number of aryl methyl sites for hydroxylation is 1. The summed E-state index contributed by atoms with van der Waals surface area (Å²) < 4.78 is 5.54. The number of para-hydroxylation sites is 2. The quantitative estimate of drug-likeness (QED) is 0.444. The average molecular weight is 325 g/mol. The average Bonchev–Trinajstić information content (AvgIpc) is 2.98. The zero-order valence-corrected chi connectivity index (χ0v) is 13.3. The maximum Gasteiger partial charge on any atom is 0.257 e. The smallest absolute Gasteiger partial charge is 0.257 e. The van der Waals surface area contributed by atoms with Crippen molar-refractivity contribution in [1.29, 1.82) is 0 Å². The SMILES string of the molecule is Cc1ccc(C=NNC(=O)CSc2nc3ccccc3o2)cc1. The molecule has 0 aliphatic rings. The standard InChI is InChI=1S/C17H15N3O2S/c1-12-6-8-13(9-7-12)10-18-20-16(21)11-23-17-19-14-4-2-3-5-15(14)22-17/h2-10H,11H2,1H3,(H,20,21). The van der Waals surface area contributed by atoms with Crippen molar-refractivity contribution in [2.75, 3.05) is 5.75 Å². The molecule has 6 heteroatoms. The van der Waals surface area contributed by atoms with Crippen LogP contribution in [0.15, 0.2) is 63.3 Å². The molecule has 3 rings (SSSR count). The highest BCUT2D eigenvalue weighted by molar-refractivity contribution is 7.99. The molecular weight excluding hydrogens is 310 g/mol. The van der Waals surface area contributed by atoms with Crippen LogP contribution in [0.5, 0.6) is 0 Å². The molecule has 0 unspecified atom stereocenters. The Labute approximate surface area is 137 Å². The summed E-state index contributed by atoms with van der Waals surface area (Å²) >= 11 is 1.24. The minimum absolute atomic E-state index is 0.193. The fraction of sp³-hybridized carbons (Fsp3) is 0.118. The molecule has 0 aliphatic heterocycles. The van der Waals surface area contributed by atoms with Crippen LogP contribution in [0.1, 0.15) is 11.1 Å². The van der Waals surface area contributed by atoms with E-state index in [1.807, 2.05) is 55.5 Å². The lowest BCUT2D eigenvalue weighted by molar-refractivity contribution is -0.118. The number of aromatic nitrogens is 1. The van der Waals surface area contributed by atoms with Gasteiger partial charge in [-0.25, -0.2) is 10.4 Å². The second-order valence-corrected chi connectivity index (χ2v) is 5.87. The molecule has 0 fully saturated rings. The van der Waals surface area contributed by atoms with Crippen molar-refractivity contribution in [3.63, 3.8) is 0 Å². The summed E-state index contributed by atoms with van der Waals surface area (Å²) in [6.45, 7) is 2.02. The summed E-state index contributed by atoms with van der Waals surface area (Å²) in [6.07, 6.45) is 1.61. The van der Waals surface area contributed by atoms with Gasteiger partial charge in [0.2, 0.25) is 0 Å². The van der Waals surface area contributed by atoms with Crippen LogP contribution in [0.3, 0.4) is 0 Å². The van der Waals surface area contributed by atoms with Crippen LogP contribution in [0.2, 0.25) is 0 Å². The summed E-state index contributed by atoms with van der Waals surface area (Å²) in [5.74, 6) is -0.0152. The first kappa shape index (κ1) is 15.3. The van der Waals surface area contributed by atoms with E-state index in [9.17, 15) is 4.79 Å². The Hall–Kier alpha value is -2.60. The Balaban J connectivity index is 1.50. The molecule has 0 spiro atoms. The molecule has 1 amide bonds. The molecule has 1 aromatic heterocycles. The van der Waals surface area contributed by atoms with E-state index in [-0.39, 0.29) is 11.7 Å². The van der Waals surface area contributed by atoms with Gasteiger partial charge in [0.1, 0.15) is 5.52 Å². The lowest BCUT2D eigenvalue weighted by Gasteiger charge is -1.97. The maximum atomic E-state index is 11.8. The Morgan fingerprint density at radius 2 is 2.04 bits per heavy atom. The Morgan fingerprint density at radius 3 is 2.83 bits per heavy atom. The number of hydrazone groups is 1. The van der Waals surface area contributed by atoms with E-state index in [0.717, 1.165) is 11.1 Å². The van der Waals surface area contributed by atoms with E-state index in [0.29, 0.717) is 10.8 Å². The van der Waals surface area contributed by atoms with E-state index >= 15 is 0 Å². The van der Waals surface area contributed by atoms with Gasteiger partial charge in [-0.1, -0.05) is 53.7 Å². The highest BCUT2D eigenvalue weighted by Crippen LogP contribution is 2.22. The largest absolute Gasteiger partial charge is 0.431 e. The second-order valence-electron chi connectivity index (χ2n) is 4.94. The first-order valence-corrected chi connectivity index (χ1v) is 8.06. The van der Waals surface area contributed by atoms with Crippen molar-refractivity contribution in [2.45, 2.75) is 12.1 Å². The van der Waals surface area contributed by atoms with E-state index < -0.39 is 0 Å². The lowest BCUT2D eigenvalue weighted by Crippen LogP contribution is -2.19. The number of hydrogen-bond donors (Lipinski definition) is 1. The van der Waals surface area contributed by atoms with Crippen molar-refractivity contribution < 1.29 is 9.21 Å². The fourth-order valence-electron chi connectivity index (χ4n) is 1.90. The lowest BCUT2D eigenvalue weighted by atomic mass is 10.2. The first-order chi connectivity index (χ1) is 11.2. The van der Waals surface area contributed by atoms with Crippen LogP contribution in [-0.2, 0) is 4.79 Å². The van der Waals surface area contributed by atoms with Gasteiger partial charge in [-0.05, 0) is 24.6 Å². The third-order valence-electron chi connectivity index (χ3n) is 3.08. The van der Waals surface area contributed by atoms with Gasteiger partial charge in [0.25, 0.3) is 11.1 Å². The molecule has 0 radical (unpaired) electrons. The summed E-state index contributed by atoms with van der Waals surface area (Å²) in [5.41, 5.74) is 6.10. The maximum absolute atomic E-state index is 11.8. The van der Waals surface area contributed by atoms with Crippen LogP contribution >= 0.6 is 11.8 Å². The highest BCUT2D eigenvalue weighted by atomic mass is 32.2. The Morgan fingerprint density at radius 1 is 1.26 bits per heavy atom. The molecular formula is C17H15N3O2S. The Kier molecular flexibility index (Phi) is 4.73. The zero-order chi connectivity index (χ0) is 16.1. The molecule has 1 heterocycles. The second kappa shape index (κ2) is 7.11. The number of oxazole rings is 1. The molecule has 0 aliphatic carbocycles. The number of nitrogens with zero attached hydrogens (tertiary/aromatic N) is 2. The number of amides is 1. The van der Waals surface area contributed by atoms with E-state index in [2.05, 4.69) is 15.5 Å². The van der Waals surface area contributed by atoms with Gasteiger partial charge in [0.15, 0.2) is 5.58 Å². The minimum Gasteiger partial charge on any atom is -0.431 e. The predicted molar refractivity (Wildman–Crippen MR) is 91.6 cm³/mol. The number of rotatable bonds is 5. The summed E-state index contributed by atoms with van der Waals surface area (Å²) in [5, 5.41) is 4.41. The Bertz CT molecular complexity index is 807. The summed E-state index contributed by atoms with van der Waals surface area (Å²) in [4.78, 5) is 16.1. The van der Waals surface area contributed by atoms with Gasteiger partial charge in [-0.15, -0.1) is 0 Å². The van der Waals surface area contributed by atoms with Crippen molar-refractivity contribution in [3.8, 4) is 0 Å². The van der Waals surface area contributed by atoms with Gasteiger partial charge in [-0.3, -0.25) is 4.79 Å². The van der Waals surface area contributed by atoms with Crippen molar-refractivity contribution in [2.24, 2.45) is 5.10 Å². The van der Waals surface area contributed by atoms with Gasteiger partial charge in [0, 0.05) is 0 Å². The third-order valence-corrected chi connectivity index (χ3v) is 3.91. The van der Waals surface area contributed by atoms with Crippen LogP contribution in [-0.4, -0.2) is 22.9 Å². The number of fused-ring (bicyclic) bond motifs is 1. The molecule has 5 nitrogen and oxygen atoms in total. The predicted octanol–water partition coefficient (Wildman–Crippen LogP) is 3.38. The summed E-state index contributed by atoms with van der Waals surface area (Å²) in [7, 11) is 0. The molecule has 0 saturated heterocycles. The number of hydrogen-bond acceptors (Lipinski definition) is 5. The van der Waals surface area contributed by atoms with Crippen molar-refractivity contribution >= 4 is 35.0 Å². The molecule has 0 atom stereocenters. The van der Waals surface area contributed by atoms with Gasteiger partial charge < -0.3 is 4.42 Å². The van der Waals surface area contributed by atoms with Crippen LogP contribution in [0.25, 0.3) is 11.1 Å². The number of nitrogens with one attached hydrogen (secondary N) is 1. The van der Waals surface area contributed by atoms with E-state index in [1.54, 1.807) is 6.21 Å². The summed E-state index contributed by atoms with van der Waals surface area (Å²) in [6, 6.07) is 15.4. The molecule has 3 aromatic rings. The topological polar surface area (TPSA) is 67.5 Å². The molecule has 23 heavy (non-hydrogen) atoms. The molecule has 2 aromatic carbocycles. The van der Waals surface area contributed by atoms with Crippen molar-refractivity contribution in [3.05, 3.63) is 59.7 Å². The van der Waals surface area contributed by atoms with Gasteiger partial charge >= 0.3 is 0 Å². The van der Waals surface area contributed by atoms with Crippen LogP contribution < -0.4 is 5.43 Å². The monoisotopic (exact) mass is 325 g/mol. The molecule has 0 bridgehead atoms. The van der Waals surface area contributed by atoms with E-state index in [1.165, 1.54) is 17.3 Å². The van der Waals surface area contributed by atoms with Gasteiger partial charge in [-0.2, -0.15) is 5.10 Å². The van der Waals surface area contributed by atoms with Crippen LogP contribution in [0.4, 0.5) is 0 Å². The van der Waals surface area contributed by atoms with Crippen molar-refractivity contribution in [1.82, 2.24) is 10.4 Å². The molecule has 0 saturated carbocycles. The van der Waals surface area contributed by atoms with Gasteiger partial charge in [0.05, 0.1) is 12.0 Å². The fourth-order valence-corrected chi connectivity index (χ4v) is 2.53. The van der Waals surface area contributed by atoms with Crippen LogP contribution in [0, 0.1) is 6.92 Å². The minimum atomic E-state index is -0.208. The number of benzene rings is 2. The molecule has 116 valence electrons. The molecule has 1 N–H and O–H groups in total. The number of carbonyl (C=O) groups is 1. The normalized spacial score (nSPS) is 11.2. The third kappa shape index (κ3) is 4.20. The highest BCUT2D eigenvalue weighted by Gasteiger charge is 2.08. The van der Waals surface area contributed by atoms with E-state index in [4.69, 9.17) is 4.42 Å². The number of carbonyl (C=O) groups excluding carboxylic acids is 1. The first-order valence-electron chi connectivity index (χ1n) is 7.08.